The molecule has 2 aliphatic heterocycles. The van der Waals surface area contributed by atoms with E-state index in [2.05, 4.69) is 39.0 Å². The SMILES string of the molecule is O=C(C1CCCN(Cc2cccc(F)c2)C1)N1CCCN(Cc2ccccc2)CC1. The largest absolute Gasteiger partial charge is 0.341 e. The van der Waals surface area contributed by atoms with Crippen LogP contribution in [-0.2, 0) is 17.9 Å². The molecule has 30 heavy (non-hydrogen) atoms. The van der Waals surface area contributed by atoms with E-state index in [1.165, 1.54) is 11.6 Å². The smallest absolute Gasteiger partial charge is 0.227 e. The molecular formula is C25H32FN3O. The van der Waals surface area contributed by atoms with Crippen LogP contribution in [0.2, 0.25) is 0 Å². The Bertz CT molecular complexity index is 828. The molecule has 1 amide bonds. The molecular weight excluding hydrogens is 377 g/mol. The molecule has 1 atom stereocenters. The maximum absolute atomic E-state index is 13.5. The third-order valence-corrected chi connectivity index (χ3v) is 6.30. The van der Waals surface area contributed by atoms with Gasteiger partial charge in [0, 0.05) is 45.8 Å². The highest BCUT2D eigenvalue weighted by molar-refractivity contribution is 5.79. The van der Waals surface area contributed by atoms with Crippen LogP contribution in [0.25, 0.3) is 0 Å². The number of benzene rings is 2. The molecule has 0 radical (unpaired) electrons. The molecule has 2 heterocycles. The van der Waals surface area contributed by atoms with Gasteiger partial charge in [-0.25, -0.2) is 4.39 Å². The van der Waals surface area contributed by atoms with E-state index in [9.17, 15) is 9.18 Å². The first-order valence-corrected chi connectivity index (χ1v) is 11.2. The van der Waals surface area contributed by atoms with Gasteiger partial charge in [0.15, 0.2) is 0 Å². The molecule has 0 bridgehead atoms. The quantitative estimate of drug-likeness (QED) is 0.752. The molecule has 0 spiro atoms. The molecule has 2 aromatic carbocycles. The Balaban J connectivity index is 1.30. The lowest BCUT2D eigenvalue weighted by atomic mass is 9.96. The normalized spacial score (nSPS) is 21.4. The minimum Gasteiger partial charge on any atom is -0.341 e. The van der Waals surface area contributed by atoms with Gasteiger partial charge in [0.05, 0.1) is 5.92 Å². The Morgan fingerprint density at radius 1 is 0.833 bits per heavy atom. The summed E-state index contributed by atoms with van der Waals surface area (Å²) in [6, 6.07) is 17.4. The Kier molecular flexibility index (Phi) is 7.13. The van der Waals surface area contributed by atoms with Crippen molar-refractivity contribution in [1.29, 1.82) is 0 Å². The summed E-state index contributed by atoms with van der Waals surface area (Å²) in [6.45, 7) is 7.05. The van der Waals surface area contributed by atoms with Gasteiger partial charge in [0.25, 0.3) is 0 Å². The predicted molar refractivity (Wildman–Crippen MR) is 117 cm³/mol. The molecule has 2 aromatic rings. The van der Waals surface area contributed by atoms with E-state index in [1.54, 1.807) is 12.1 Å². The number of piperidine rings is 1. The maximum atomic E-state index is 13.5. The molecule has 2 fully saturated rings. The Morgan fingerprint density at radius 2 is 1.60 bits per heavy atom. The summed E-state index contributed by atoms with van der Waals surface area (Å²) in [5, 5.41) is 0. The van der Waals surface area contributed by atoms with Crippen molar-refractivity contribution in [1.82, 2.24) is 14.7 Å². The lowest BCUT2D eigenvalue weighted by Crippen LogP contribution is -2.45. The minimum absolute atomic E-state index is 0.0629. The van der Waals surface area contributed by atoms with Crippen LogP contribution < -0.4 is 0 Å². The molecule has 0 aromatic heterocycles. The molecule has 0 aliphatic carbocycles. The first-order valence-electron chi connectivity index (χ1n) is 11.2. The number of nitrogens with zero attached hydrogens (tertiary/aromatic N) is 3. The second kappa shape index (κ2) is 10.2. The topological polar surface area (TPSA) is 26.8 Å². The Hall–Kier alpha value is -2.24. The summed E-state index contributed by atoms with van der Waals surface area (Å²) in [5.74, 6) is 0.176. The van der Waals surface area contributed by atoms with E-state index in [-0.39, 0.29) is 11.7 Å². The number of hydrogen-bond acceptors (Lipinski definition) is 3. The molecule has 2 saturated heterocycles. The van der Waals surface area contributed by atoms with Crippen LogP contribution in [0.5, 0.6) is 0 Å². The van der Waals surface area contributed by atoms with Crippen LogP contribution in [0.4, 0.5) is 4.39 Å². The lowest BCUT2D eigenvalue weighted by molar-refractivity contribution is -0.137. The average Bonchev–Trinajstić information content (AvgIpc) is 3.00. The third kappa shape index (κ3) is 5.67. The van der Waals surface area contributed by atoms with Crippen molar-refractivity contribution in [3.05, 3.63) is 71.5 Å². The van der Waals surface area contributed by atoms with E-state index in [0.29, 0.717) is 12.5 Å². The fourth-order valence-electron chi connectivity index (χ4n) is 4.74. The van der Waals surface area contributed by atoms with Crippen molar-refractivity contribution in [2.75, 3.05) is 39.3 Å². The first-order chi connectivity index (χ1) is 14.7. The second-order valence-corrected chi connectivity index (χ2v) is 8.64. The van der Waals surface area contributed by atoms with Crippen molar-refractivity contribution in [3.8, 4) is 0 Å². The zero-order valence-corrected chi connectivity index (χ0v) is 17.7. The predicted octanol–water partition coefficient (Wildman–Crippen LogP) is 3.77. The summed E-state index contributed by atoms with van der Waals surface area (Å²) in [7, 11) is 0. The van der Waals surface area contributed by atoms with E-state index >= 15 is 0 Å². The molecule has 4 nitrogen and oxygen atoms in total. The monoisotopic (exact) mass is 409 g/mol. The van der Waals surface area contributed by atoms with Gasteiger partial charge >= 0.3 is 0 Å². The molecule has 1 unspecified atom stereocenters. The van der Waals surface area contributed by atoms with Gasteiger partial charge in [-0.1, -0.05) is 42.5 Å². The number of halogens is 1. The summed E-state index contributed by atoms with van der Waals surface area (Å²) in [6.07, 6.45) is 3.01. The van der Waals surface area contributed by atoms with Gasteiger partial charge in [0.2, 0.25) is 5.91 Å². The fourth-order valence-corrected chi connectivity index (χ4v) is 4.74. The lowest BCUT2D eigenvalue weighted by Gasteiger charge is -2.34. The summed E-state index contributed by atoms with van der Waals surface area (Å²) < 4.78 is 13.5. The third-order valence-electron chi connectivity index (χ3n) is 6.30. The number of rotatable bonds is 5. The highest BCUT2D eigenvalue weighted by Gasteiger charge is 2.30. The van der Waals surface area contributed by atoms with E-state index in [1.807, 2.05) is 12.1 Å². The highest BCUT2D eigenvalue weighted by Crippen LogP contribution is 2.22. The maximum Gasteiger partial charge on any atom is 0.227 e. The van der Waals surface area contributed by atoms with Gasteiger partial charge < -0.3 is 4.90 Å². The Labute approximate surface area is 179 Å². The molecule has 2 aliphatic rings. The van der Waals surface area contributed by atoms with Crippen LogP contribution in [0.15, 0.2) is 54.6 Å². The van der Waals surface area contributed by atoms with Crippen LogP contribution in [0.1, 0.15) is 30.4 Å². The van der Waals surface area contributed by atoms with Gasteiger partial charge in [-0.3, -0.25) is 14.6 Å². The highest BCUT2D eigenvalue weighted by atomic mass is 19.1. The van der Waals surface area contributed by atoms with Crippen molar-refractivity contribution >= 4 is 5.91 Å². The molecule has 4 rings (SSSR count). The zero-order chi connectivity index (χ0) is 20.8. The van der Waals surface area contributed by atoms with Crippen molar-refractivity contribution in [3.63, 3.8) is 0 Å². The molecule has 0 N–H and O–H groups in total. The van der Waals surface area contributed by atoms with Gasteiger partial charge in [-0.15, -0.1) is 0 Å². The summed E-state index contributed by atoms with van der Waals surface area (Å²) in [5.41, 5.74) is 2.31. The summed E-state index contributed by atoms with van der Waals surface area (Å²) in [4.78, 5) is 20.1. The zero-order valence-electron chi connectivity index (χ0n) is 17.7. The molecule has 160 valence electrons. The minimum atomic E-state index is -0.193. The molecule has 5 heteroatoms. The van der Waals surface area contributed by atoms with Crippen LogP contribution >= 0.6 is 0 Å². The number of carbonyl (C=O) groups excluding carboxylic acids is 1. The summed E-state index contributed by atoms with van der Waals surface area (Å²) >= 11 is 0. The van der Waals surface area contributed by atoms with E-state index < -0.39 is 0 Å². The second-order valence-electron chi connectivity index (χ2n) is 8.64. The number of hydrogen-bond donors (Lipinski definition) is 0. The molecule has 0 saturated carbocycles. The number of likely N-dealkylation sites (tertiary alicyclic amines) is 1. The van der Waals surface area contributed by atoms with E-state index in [4.69, 9.17) is 0 Å². The van der Waals surface area contributed by atoms with Crippen molar-refractivity contribution < 1.29 is 9.18 Å². The van der Waals surface area contributed by atoms with Crippen LogP contribution in [-0.4, -0.2) is 59.9 Å². The van der Waals surface area contributed by atoms with E-state index in [0.717, 1.165) is 70.6 Å². The average molecular weight is 410 g/mol. The number of carbonyl (C=O) groups is 1. The van der Waals surface area contributed by atoms with Crippen molar-refractivity contribution in [2.45, 2.75) is 32.4 Å². The van der Waals surface area contributed by atoms with Crippen LogP contribution in [0, 0.1) is 11.7 Å². The Morgan fingerprint density at radius 3 is 2.43 bits per heavy atom. The first kappa shape index (κ1) is 21.0. The number of amides is 1. The van der Waals surface area contributed by atoms with Crippen molar-refractivity contribution in [2.24, 2.45) is 5.92 Å². The van der Waals surface area contributed by atoms with Gasteiger partial charge in [-0.2, -0.15) is 0 Å². The standard InChI is InChI=1S/C25H32FN3O/c26-24-11-4-9-22(17-24)19-28-12-5-10-23(20-28)25(30)29-14-6-13-27(15-16-29)18-21-7-2-1-3-8-21/h1-4,7-9,11,17,23H,5-6,10,12-16,18-20H2. The van der Waals surface area contributed by atoms with Crippen LogP contribution in [0.3, 0.4) is 0 Å². The van der Waals surface area contributed by atoms with Gasteiger partial charge in [-0.05, 0) is 49.1 Å². The fraction of sp³-hybridized carbons (Fsp3) is 0.480. The van der Waals surface area contributed by atoms with Gasteiger partial charge in [0.1, 0.15) is 5.82 Å².